The van der Waals surface area contributed by atoms with Gasteiger partial charge in [-0.3, -0.25) is 0 Å². The maximum atomic E-state index is 11.4. The van der Waals surface area contributed by atoms with E-state index in [1.54, 1.807) is 12.1 Å². The highest BCUT2D eigenvalue weighted by molar-refractivity contribution is 5.97. The average molecular weight is 362 g/mol. The summed E-state index contributed by atoms with van der Waals surface area (Å²) in [4.78, 5) is 19.7. The maximum Gasteiger partial charge on any atom is 0.335 e. The van der Waals surface area contributed by atoms with Gasteiger partial charge in [0.1, 0.15) is 0 Å². The van der Waals surface area contributed by atoms with Crippen LogP contribution in [0.15, 0.2) is 42.5 Å². The molecule has 0 bridgehead atoms. The van der Waals surface area contributed by atoms with Crippen LogP contribution in [0, 0.1) is 0 Å². The molecule has 4 rings (SSSR count). The van der Waals surface area contributed by atoms with Gasteiger partial charge in [-0.1, -0.05) is 12.1 Å². The van der Waals surface area contributed by atoms with Crippen LogP contribution >= 0.6 is 0 Å². The van der Waals surface area contributed by atoms with Gasteiger partial charge in [-0.25, -0.2) is 9.78 Å². The molecule has 2 aromatic carbocycles. The molecule has 0 saturated carbocycles. The molecule has 4 N–H and O–H groups in total. The van der Waals surface area contributed by atoms with E-state index in [4.69, 9.17) is 10.7 Å². The molecular formula is C21H22N4O2. The lowest BCUT2D eigenvalue weighted by molar-refractivity contribution is 0.0697. The second-order valence-electron chi connectivity index (χ2n) is 6.77. The van der Waals surface area contributed by atoms with Gasteiger partial charge in [0.25, 0.3) is 0 Å². The van der Waals surface area contributed by atoms with Gasteiger partial charge in [0, 0.05) is 18.0 Å². The summed E-state index contributed by atoms with van der Waals surface area (Å²) in [5.74, 6) is -0.0673. The molecule has 0 radical (unpaired) electrons. The molecule has 2 heterocycles. The van der Waals surface area contributed by atoms with Crippen LogP contribution in [0.2, 0.25) is 0 Å². The lowest BCUT2D eigenvalue weighted by Gasteiger charge is -2.06. The molecule has 0 aliphatic rings. The Kier molecular flexibility index (Phi) is 4.41. The Morgan fingerprint density at radius 2 is 2.04 bits per heavy atom. The summed E-state index contributed by atoms with van der Waals surface area (Å²) < 4.78 is 2.07. The summed E-state index contributed by atoms with van der Waals surface area (Å²) in [7, 11) is 2.00. The molecule has 6 heteroatoms. The maximum absolute atomic E-state index is 11.4. The number of carboxylic acids is 1. The molecule has 6 nitrogen and oxygen atoms in total. The highest BCUT2D eigenvalue weighted by Crippen LogP contribution is 2.33. The van der Waals surface area contributed by atoms with Crippen molar-refractivity contribution in [3.63, 3.8) is 0 Å². The number of imidazole rings is 1. The summed E-state index contributed by atoms with van der Waals surface area (Å²) in [5, 5.41) is 10.3. The number of hydrogen-bond donors (Lipinski definition) is 3. The number of hydrogen-bond acceptors (Lipinski definition) is 3. The number of fused-ring (bicyclic) bond motifs is 2. The van der Waals surface area contributed by atoms with Crippen LogP contribution in [0.1, 0.15) is 28.8 Å². The van der Waals surface area contributed by atoms with Gasteiger partial charge < -0.3 is 20.4 Å². The van der Waals surface area contributed by atoms with Gasteiger partial charge in [0.05, 0.1) is 22.3 Å². The third kappa shape index (κ3) is 2.98. The zero-order valence-corrected chi connectivity index (χ0v) is 15.2. The summed E-state index contributed by atoms with van der Waals surface area (Å²) in [6.07, 6.45) is 2.68. The quantitative estimate of drug-likeness (QED) is 0.456. The number of nitrogens with zero attached hydrogens (tertiary/aromatic N) is 2. The first-order valence-electron chi connectivity index (χ1n) is 9.10. The normalized spacial score (nSPS) is 11.5. The molecule has 0 spiro atoms. The monoisotopic (exact) mass is 362 g/mol. The largest absolute Gasteiger partial charge is 0.478 e. The number of unbranched alkanes of at least 4 members (excludes halogenated alkanes) is 1. The number of rotatable bonds is 6. The first-order chi connectivity index (χ1) is 13.1. The Morgan fingerprint density at radius 3 is 2.78 bits per heavy atom. The number of aromatic amines is 1. The number of aromatic nitrogens is 3. The fourth-order valence-corrected chi connectivity index (χ4v) is 3.65. The SMILES string of the molecule is Cn1c(-c2[nH]c3ccc(C(=O)O)cc3c2CCCCN)nc2ccccc21. The molecule has 0 aliphatic carbocycles. The van der Waals surface area contributed by atoms with Crippen LogP contribution in [0.25, 0.3) is 33.5 Å². The van der Waals surface area contributed by atoms with Crippen molar-refractivity contribution in [3.8, 4) is 11.5 Å². The van der Waals surface area contributed by atoms with Gasteiger partial charge >= 0.3 is 5.97 Å². The van der Waals surface area contributed by atoms with Gasteiger partial charge in [-0.15, -0.1) is 0 Å². The minimum Gasteiger partial charge on any atom is -0.478 e. The molecular weight excluding hydrogens is 340 g/mol. The van der Waals surface area contributed by atoms with Crippen LogP contribution in [0.4, 0.5) is 0 Å². The molecule has 4 aromatic rings. The van der Waals surface area contributed by atoms with E-state index in [0.29, 0.717) is 6.54 Å². The zero-order chi connectivity index (χ0) is 19.0. The first kappa shape index (κ1) is 17.3. The Bertz CT molecular complexity index is 1140. The number of carbonyl (C=O) groups is 1. The molecule has 0 unspecified atom stereocenters. The highest BCUT2D eigenvalue weighted by Gasteiger charge is 2.19. The average Bonchev–Trinajstić information content (AvgIpc) is 3.19. The topological polar surface area (TPSA) is 96.9 Å². The van der Waals surface area contributed by atoms with Crippen molar-refractivity contribution in [1.82, 2.24) is 14.5 Å². The Hall–Kier alpha value is -3.12. The van der Waals surface area contributed by atoms with Crippen molar-refractivity contribution >= 4 is 27.9 Å². The number of aryl methyl sites for hydroxylation is 2. The zero-order valence-electron chi connectivity index (χ0n) is 15.2. The number of H-pyrrole nitrogens is 1. The number of nitrogens with two attached hydrogens (primary N) is 1. The Labute approximate surface area is 156 Å². The number of para-hydroxylation sites is 2. The van der Waals surface area contributed by atoms with E-state index in [2.05, 4.69) is 9.55 Å². The fraction of sp³-hybridized carbons (Fsp3) is 0.238. The van der Waals surface area contributed by atoms with Crippen molar-refractivity contribution in [3.05, 3.63) is 53.6 Å². The smallest absolute Gasteiger partial charge is 0.335 e. The van der Waals surface area contributed by atoms with Crippen molar-refractivity contribution < 1.29 is 9.90 Å². The first-order valence-corrected chi connectivity index (χ1v) is 9.10. The molecule has 0 amide bonds. The number of carboxylic acid groups (broad SMARTS) is 1. The van der Waals surface area contributed by atoms with E-state index in [1.165, 1.54) is 0 Å². The number of aromatic carboxylic acids is 1. The predicted molar refractivity (Wildman–Crippen MR) is 107 cm³/mol. The van der Waals surface area contributed by atoms with Gasteiger partial charge in [0.2, 0.25) is 0 Å². The number of nitrogens with one attached hydrogen (secondary N) is 1. The summed E-state index contributed by atoms with van der Waals surface area (Å²) in [5.41, 5.74) is 10.9. The third-order valence-electron chi connectivity index (χ3n) is 5.04. The molecule has 2 aromatic heterocycles. The molecule has 138 valence electrons. The lowest BCUT2D eigenvalue weighted by atomic mass is 10.0. The van der Waals surface area contributed by atoms with E-state index >= 15 is 0 Å². The van der Waals surface area contributed by atoms with E-state index in [9.17, 15) is 9.90 Å². The van der Waals surface area contributed by atoms with E-state index < -0.39 is 5.97 Å². The van der Waals surface area contributed by atoms with Gasteiger partial charge in [-0.05, 0) is 61.7 Å². The van der Waals surface area contributed by atoms with Crippen LogP contribution in [-0.2, 0) is 13.5 Å². The molecule has 27 heavy (non-hydrogen) atoms. The van der Waals surface area contributed by atoms with Crippen molar-refractivity contribution in [1.29, 1.82) is 0 Å². The third-order valence-corrected chi connectivity index (χ3v) is 5.04. The van der Waals surface area contributed by atoms with Crippen LogP contribution in [0.5, 0.6) is 0 Å². The van der Waals surface area contributed by atoms with Gasteiger partial charge in [0.15, 0.2) is 5.82 Å². The van der Waals surface area contributed by atoms with Crippen LogP contribution in [-0.4, -0.2) is 32.2 Å². The lowest BCUT2D eigenvalue weighted by Crippen LogP contribution is -2.00. The summed E-state index contributed by atoms with van der Waals surface area (Å²) in [6.45, 7) is 0.643. The Morgan fingerprint density at radius 1 is 1.22 bits per heavy atom. The second kappa shape index (κ2) is 6.89. The summed E-state index contributed by atoms with van der Waals surface area (Å²) in [6, 6.07) is 13.2. The van der Waals surface area contributed by atoms with Crippen molar-refractivity contribution in [2.24, 2.45) is 12.8 Å². The van der Waals surface area contributed by atoms with Crippen molar-refractivity contribution in [2.75, 3.05) is 6.54 Å². The van der Waals surface area contributed by atoms with Crippen molar-refractivity contribution in [2.45, 2.75) is 19.3 Å². The second-order valence-corrected chi connectivity index (χ2v) is 6.77. The van der Waals surface area contributed by atoms with Crippen LogP contribution in [0.3, 0.4) is 0 Å². The summed E-state index contributed by atoms with van der Waals surface area (Å²) >= 11 is 0. The molecule has 0 fully saturated rings. The number of benzene rings is 2. The van der Waals surface area contributed by atoms with E-state index in [-0.39, 0.29) is 5.56 Å². The minimum atomic E-state index is -0.921. The van der Waals surface area contributed by atoms with E-state index in [1.807, 2.05) is 37.4 Å². The van der Waals surface area contributed by atoms with Gasteiger partial charge in [-0.2, -0.15) is 0 Å². The van der Waals surface area contributed by atoms with E-state index in [0.717, 1.165) is 58.3 Å². The molecule has 0 atom stereocenters. The predicted octanol–water partition coefficient (Wildman–Crippen LogP) is 3.70. The molecule has 0 aliphatic heterocycles. The Balaban J connectivity index is 1.93. The highest BCUT2D eigenvalue weighted by atomic mass is 16.4. The fourth-order valence-electron chi connectivity index (χ4n) is 3.65. The van der Waals surface area contributed by atoms with Crippen LogP contribution < -0.4 is 5.73 Å². The minimum absolute atomic E-state index is 0.290. The standard InChI is InChI=1S/C21H22N4O2/c1-25-18-8-3-2-7-17(18)24-20(25)19-14(6-4-5-11-22)15-12-13(21(26)27)9-10-16(15)23-19/h2-3,7-10,12,23H,4-6,11,22H2,1H3,(H,26,27). The molecule has 0 saturated heterocycles.